The Morgan fingerprint density at radius 3 is 2.52 bits per heavy atom. The predicted octanol–water partition coefficient (Wildman–Crippen LogP) is 1.70. The average molecular weight is 299 g/mol. The molecule has 2 aliphatic rings. The van der Waals surface area contributed by atoms with Gasteiger partial charge in [0, 0.05) is 6.04 Å². The molecule has 4 atom stereocenters. The zero-order chi connectivity index (χ0) is 15.8. The van der Waals surface area contributed by atoms with E-state index in [-0.39, 0.29) is 18.7 Å². The zero-order valence-corrected chi connectivity index (χ0v) is 13.2. The molecule has 6 heteroatoms. The molecule has 6 nitrogen and oxygen atoms in total. The van der Waals surface area contributed by atoms with Gasteiger partial charge < -0.3 is 19.5 Å². The summed E-state index contributed by atoms with van der Waals surface area (Å²) in [6, 6.07) is -0.377. The second kappa shape index (κ2) is 5.83. The molecule has 2 rings (SSSR count). The van der Waals surface area contributed by atoms with Crippen LogP contribution in [0, 0.1) is 5.92 Å². The van der Waals surface area contributed by atoms with Crippen LogP contribution in [-0.4, -0.2) is 52.5 Å². The number of hydrogen-bond donors (Lipinski definition) is 1. The van der Waals surface area contributed by atoms with Gasteiger partial charge in [-0.05, 0) is 47.0 Å². The van der Waals surface area contributed by atoms with Gasteiger partial charge >= 0.3 is 12.1 Å². The number of ether oxygens (including phenoxy) is 2. The first-order valence-electron chi connectivity index (χ1n) is 7.60. The number of carbonyl (C=O) groups excluding carboxylic acids is 2. The van der Waals surface area contributed by atoms with Crippen LogP contribution in [0.1, 0.15) is 47.0 Å². The Morgan fingerprint density at radius 1 is 1.29 bits per heavy atom. The maximum atomic E-state index is 12.4. The quantitative estimate of drug-likeness (QED) is 0.785. The lowest BCUT2D eigenvalue weighted by Crippen LogP contribution is -2.56. The van der Waals surface area contributed by atoms with E-state index < -0.39 is 29.7 Å². The van der Waals surface area contributed by atoms with E-state index in [1.807, 2.05) is 20.8 Å². The fraction of sp³-hybridized carbons (Fsp3) is 0.867. The van der Waals surface area contributed by atoms with E-state index in [0.29, 0.717) is 12.8 Å². The number of aliphatic hydroxyl groups is 1. The molecule has 0 aromatic carbocycles. The van der Waals surface area contributed by atoms with Crippen molar-refractivity contribution in [2.45, 2.75) is 70.7 Å². The number of esters is 1. The number of amides is 1. The highest BCUT2D eigenvalue weighted by molar-refractivity contribution is 5.77. The van der Waals surface area contributed by atoms with Crippen molar-refractivity contribution in [3.63, 3.8) is 0 Å². The van der Waals surface area contributed by atoms with Gasteiger partial charge in [-0.2, -0.15) is 0 Å². The van der Waals surface area contributed by atoms with Crippen molar-refractivity contribution in [2.24, 2.45) is 5.92 Å². The number of fused-ring (bicyclic) bond motifs is 2. The molecule has 2 aliphatic heterocycles. The minimum absolute atomic E-state index is 0.0504. The van der Waals surface area contributed by atoms with Crippen LogP contribution < -0.4 is 0 Å². The summed E-state index contributed by atoms with van der Waals surface area (Å²) in [5.74, 6) is -1.10. The molecular weight excluding hydrogens is 274 g/mol. The van der Waals surface area contributed by atoms with Crippen molar-refractivity contribution in [3.05, 3.63) is 0 Å². The fourth-order valence-corrected chi connectivity index (χ4v) is 3.33. The molecule has 0 saturated carbocycles. The standard InChI is InChI=1S/C15H25NO5/c1-5-20-13(18)12-10-7-6-9(8-11(12)17)16(10)14(19)21-15(2,3)4/h9-12,17H,5-8H2,1-4H3/t9?,10-,11?,12?/m0/s1. The summed E-state index contributed by atoms with van der Waals surface area (Å²) in [7, 11) is 0. The molecule has 0 radical (unpaired) electrons. The third-order valence-electron chi connectivity index (χ3n) is 4.05. The monoisotopic (exact) mass is 299 g/mol. The first kappa shape index (κ1) is 16.1. The van der Waals surface area contributed by atoms with Gasteiger partial charge in [0.15, 0.2) is 0 Å². The Hall–Kier alpha value is -1.30. The summed E-state index contributed by atoms with van der Waals surface area (Å²) in [6.07, 6.45) is 0.733. The second-order valence-corrected chi connectivity index (χ2v) is 6.77. The molecule has 0 aromatic heterocycles. The molecule has 120 valence electrons. The molecule has 0 spiro atoms. The lowest BCUT2D eigenvalue weighted by Gasteiger charge is -2.41. The van der Waals surface area contributed by atoms with E-state index in [0.717, 1.165) is 6.42 Å². The van der Waals surface area contributed by atoms with E-state index in [1.165, 1.54) is 0 Å². The predicted molar refractivity (Wildman–Crippen MR) is 75.6 cm³/mol. The average Bonchev–Trinajstić information content (AvgIpc) is 2.63. The molecular formula is C15H25NO5. The summed E-state index contributed by atoms with van der Waals surface area (Å²) < 4.78 is 10.5. The van der Waals surface area contributed by atoms with Crippen molar-refractivity contribution in [3.8, 4) is 0 Å². The molecule has 0 aromatic rings. The smallest absolute Gasteiger partial charge is 0.410 e. The summed E-state index contributed by atoms with van der Waals surface area (Å²) in [5, 5.41) is 10.2. The molecule has 2 heterocycles. The summed E-state index contributed by atoms with van der Waals surface area (Å²) in [4.78, 5) is 26.1. The van der Waals surface area contributed by atoms with Crippen molar-refractivity contribution in [1.82, 2.24) is 4.90 Å². The fourth-order valence-electron chi connectivity index (χ4n) is 3.33. The van der Waals surface area contributed by atoms with Crippen LogP contribution >= 0.6 is 0 Å². The Balaban J connectivity index is 2.17. The SMILES string of the molecule is CCOC(=O)C1C(O)CC2CC[C@@H]1N2C(=O)OC(C)(C)C. The third kappa shape index (κ3) is 3.31. The highest BCUT2D eigenvalue weighted by Crippen LogP contribution is 2.40. The molecule has 1 N–H and O–H groups in total. The third-order valence-corrected chi connectivity index (χ3v) is 4.05. The maximum Gasteiger partial charge on any atom is 0.410 e. The first-order chi connectivity index (χ1) is 9.74. The number of piperidine rings is 1. The first-order valence-corrected chi connectivity index (χ1v) is 7.60. The van der Waals surface area contributed by atoms with E-state index >= 15 is 0 Å². The number of hydrogen-bond acceptors (Lipinski definition) is 5. The van der Waals surface area contributed by atoms with Gasteiger partial charge in [0.1, 0.15) is 11.5 Å². The van der Waals surface area contributed by atoms with Crippen molar-refractivity contribution < 1.29 is 24.2 Å². The van der Waals surface area contributed by atoms with Crippen molar-refractivity contribution in [1.29, 1.82) is 0 Å². The van der Waals surface area contributed by atoms with Crippen LogP contribution in [0.4, 0.5) is 4.79 Å². The number of rotatable bonds is 2. The lowest BCUT2D eigenvalue weighted by molar-refractivity contribution is -0.158. The number of aliphatic hydroxyl groups excluding tert-OH is 1. The van der Waals surface area contributed by atoms with E-state index in [1.54, 1.807) is 11.8 Å². The number of carbonyl (C=O) groups is 2. The minimum Gasteiger partial charge on any atom is -0.466 e. The molecule has 1 amide bonds. The van der Waals surface area contributed by atoms with Crippen LogP contribution in [0.3, 0.4) is 0 Å². The Morgan fingerprint density at radius 2 is 1.95 bits per heavy atom. The van der Waals surface area contributed by atoms with Crippen LogP contribution in [-0.2, 0) is 14.3 Å². The van der Waals surface area contributed by atoms with Crippen molar-refractivity contribution in [2.75, 3.05) is 6.61 Å². The molecule has 2 bridgehead atoms. The minimum atomic E-state index is -0.750. The Kier molecular flexibility index (Phi) is 4.46. The van der Waals surface area contributed by atoms with Crippen LogP contribution in [0.5, 0.6) is 0 Å². The van der Waals surface area contributed by atoms with Gasteiger partial charge in [-0.15, -0.1) is 0 Å². The normalized spacial score (nSPS) is 32.0. The Labute approximate surface area is 125 Å². The summed E-state index contributed by atoms with van der Waals surface area (Å²) in [6.45, 7) is 7.44. The van der Waals surface area contributed by atoms with Gasteiger partial charge in [-0.1, -0.05) is 0 Å². The second-order valence-electron chi connectivity index (χ2n) is 6.77. The van der Waals surface area contributed by atoms with Gasteiger partial charge in [0.05, 0.1) is 18.8 Å². The number of nitrogens with zero attached hydrogens (tertiary/aromatic N) is 1. The molecule has 2 saturated heterocycles. The van der Waals surface area contributed by atoms with Crippen LogP contribution in [0.15, 0.2) is 0 Å². The molecule has 3 unspecified atom stereocenters. The van der Waals surface area contributed by atoms with Gasteiger partial charge in [0.2, 0.25) is 0 Å². The van der Waals surface area contributed by atoms with Crippen molar-refractivity contribution >= 4 is 12.1 Å². The summed E-state index contributed by atoms with van der Waals surface area (Å²) >= 11 is 0. The van der Waals surface area contributed by atoms with E-state index in [9.17, 15) is 14.7 Å². The van der Waals surface area contributed by atoms with E-state index in [2.05, 4.69) is 0 Å². The largest absolute Gasteiger partial charge is 0.466 e. The molecule has 0 aliphatic carbocycles. The zero-order valence-electron chi connectivity index (χ0n) is 13.2. The summed E-state index contributed by atoms with van der Waals surface area (Å²) in [5.41, 5.74) is -0.577. The van der Waals surface area contributed by atoms with Gasteiger partial charge in [-0.25, -0.2) is 4.79 Å². The van der Waals surface area contributed by atoms with Gasteiger partial charge in [0.25, 0.3) is 0 Å². The molecule has 21 heavy (non-hydrogen) atoms. The lowest BCUT2D eigenvalue weighted by atomic mass is 9.87. The van der Waals surface area contributed by atoms with E-state index in [4.69, 9.17) is 9.47 Å². The Bertz CT molecular complexity index is 417. The highest BCUT2D eigenvalue weighted by atomic mass is 16.6. The molecule has 2 fully saturated rings. The maximum absolute atomic E-state index is 12.4. The van der Waals surface area contributed by atoms with Crippen LogP contribution in [0.2, 0.25) is 0 Å². The topological polar surface area (TPSA) is 76.1 Å². The van der Waals surface area contributed by atoms with Crippen LogP contribution in [0.25, 0.3) is 0 Å². The highest BCUT2D eigenvalue weighted by Gasteiger charge is 2.53. The van der Waals surface area contributed by atoms with Gasteiger partial charge in [-0.3, -0.25) is 4.79 Å².